The third-order valence-electron chi connectivity index (χ3n) is 3.88. The molecule has 2 aromatic heterocycles. The Hall–Kier alpha value is -2.75. The summed E-state index contributed by atoms with van der Waals surface area (Å²) in [5, 5.41) is 12.6. The van der Waals surface area contributed by atoms with Gasteiger partial charge >= 0.3 is 0 Å². The number of tetrazole rings is 1. The molecule has 0 aliphatic carbocycles. The second-order valence-electron chi connectivity index (χ2n) is 6.15. The molecule has 0 saturated carbocycles. The van der Waals surface area contributed by atoms with Crippen molar-refractivity contribution in [3.8, 4) is 5.69 Å². The van der Waals surface area contributed by atoms with Gasteiger partial charge in [0.1, 0.15) is 5.82 Å². The molecular weight excluding hydrogens is 350 g/mol. The Kier molecular flexibility index (Phi) is 5.03. The van der Waals surface area contributed by atoms with Crippen LogP contribution in [0.3, 0.4) is 0 Å². The van der Waals surface area contributed by atoms with Crippen LogP contribution in [-0.4, -0.2) is 49.3 Å². The van der Waals surface area contributed by atoms with Crippen LogP contribution in [-0.2, 0) is 0 Å². The number of thioether (sulfide) groups is 1. The average Bonchev–Trinajstić information content (AvgIpc) is 3.04. The van der Waals surface area contributed by atoms with Gasteiger partial charge in [-0.2, -0.15) is 19.6 Å². The van der Waals surface area contributed by atoms with Gasteiger partial charge in [0, 0.05) is 14.1 Å². The highest BCUT2D eigenvalue weighted by molar-refractivity contribution is 7.99. The molecule has 0 bridgehead atoms. The van der Waals surface area contributed by atoms with Crippen molar-refractivity contribution in [2.75, 3.05) is 24.7 Å². The molecule has 0 amide bonds. The van der Waals surface area contributed by atoms with E-state index >= 15 is 0 Å². The Morgan fingerprint density at radius 1 is 1.12 bits per heavy atom. The number of hydrogen-bond donors (Lipinski definition) is 1. The quantitative estimate of drug-likeness (QED) is 0.673. The maximum Gasteiger partial charge on any atom is 0.229 e. The van der Waals surface area contributed by atoms with Crippen LogP contribution in [0.5, 0.6) is 0 Å². The van der Waals surface area contributed by atoms with Gasteiger partial charge in [-0.3, -0.25) is 0 Å². The predicted octanol–water partition coefficient (Wildman–Crippen LogP) is 1.97. The molecule has 0 aliphatic rings. The highest BCUT2D eigenvalue weighted by Gasteiger charge is 2.19. The van der Waals surface area contributed by atoms with Crippen LogP contribution >= 0.6 is 11.8 Å². The van der Waals surface area contributed by atoms with Gasteiger partial charge in [-0.15, -0.1) is 5.10 Å². The van der Waals surface area contributed by atoms with Crippen molar-refractivity contribution in [3.05, 3.63) is 35.2 Å². The van der Waals surface area contributed by atoms with Gasteiger partial charge in [0.15, 0.2) is 0 Å². The monoisotopic (exact) mass is 371 g/mol. The number of benzene rings is 1. The van der Waals surface area contributed by atoms with Crippen molar-refractivity contribution < 1.29 is 0 Å². The summed E-state index contributed by atoms with van der Waals surface area (Å²) in [4.78, 5) is 14.6. The predicted molar refractivity (Wildman–Crippen MR) is 101 cm³/mol. The minimum atomic E-state index is -0.102. The molecule has 1 aromatic carbocycles. The lowest BCUT2D eigenvalue weighted by Gasteiger charge is -2.14. The van der Waals surface area contributed by atoms with Crippen LogP contribution < -0.4 is 10.6 Å². The summed E-state index contributed by atoms with van der Waals surface area (Å²) in [6.07, 6.45) is 0. The number of nitrogens with zero attached hydrogens (tertiary/aromatic N) is 8. The number of aromatic nitrogens is 7. The molecule has 10 heteroatoms. The first-order valence-electron chi connectivity index (χ1n) is 8.06. The molecule has 0 saturated heterocycles. The molecule has 136 valence electrons. The SMILES string of the molecule is Cc1ccc(-n2nnnc2SC(C)c2nc(N)nc(N(C)C)n2)cc1C. The number of rotatable bonds is 5. The molecule has 0 fully saturated rings. The van der Waals surface area contributed by atoms with Crippen LogP contribution in [0.25, 0.3) is 5.69 Å². The third kappa shape index (κ3) is 3.74. The standard InChI is InChI=1S/C16H21N9S/c1-9-6-7-12(8-10(9)2)25-16(21-22-23-25)26-11(3)13-18-14(17)20-15(19-13)24(4)5/h6-8,11H,1-5H3,(H2,17,18,19,20). The van der Waals surface area contributed by atoms with Gasteiger partial charge in [-0.05, 0) is 54.5 Å². The van der Waals surface area contributed by atoms with Crippen LogP contribution in [0.15, 0.2) is 23.4 Å². The van der Waals surface area contributed by atoms with E-state index in [0.29, 0.717) is 16.9 Å². The Morgan fingerprint density at radius 3 is 2.58 bits per heavy atom. The first-order valence-corrected chi connectivity index (χ1v) is 8.94. The lowest BCUT2D eigenvalue weighted by Crippen LogP contribution is -2.16. The minimum Gasteiger partial charge on any atom is -0.368 e. The van der Waals surface area contributed by atoms with E-state index in [1.54, 1.807) is 9.58 Å². The first kappa shape index (κ1) is 18.1. The summed E-state index contributed by atoms with van der Waals surface area (Å²) in [5.41, 5.74) is 9.14. The Bertz CT molecular complexity index is 922. The van der Waals surface area contributed by atoms with Gasteiger partial charge in [0.25, 0.3) is 0 Å². The molecule has 9 nitrogen and oxygen atoms in total. The van der Waals surface area contributed by atoms with Crippen molar-refractivity contribution in [3.63, 3.8) is 0 Å². The highest BCUT2D eigenvalue weighted by Crippen LogP contribution is 2.33. The van der Waals surface area contributed by atoms with Crippen molar-refractivity contribution in [2.45, 2.75) is 31.2 Å². The van der Waals surface area contributed by atoms with Gasteiger partial charge in [-0.25, -0.2) is 0 Å². The summed E-state index contributed by atoms with van der Waals surface area (Å²) in [5.74, 6) is 1.30. The third-order valence-corrected chi connectivity index (χ3v) is 4.91. The molecule has 1 atom stereocenters. The molecule has 26 heavy (non-hydrogen) atoms. The Balaban J connectivity index is 1.88. The zero-order chi connectivity index (χ0) is 18.8. The lowest BCUT2D eigenvalue weighted by molar-refractivity contribution is 0.752. The molecular formula is C16H21N9S. The van der Waals surface area contributed by atoms with E-state index < -0.39 is 0 Å². The summed E-state index contributed by atoms with van der Waals surface area (Å²) in [6.45, 7) is 6.12. The van der Waals surface area contributed by atoms with Crippen molar-refractivity contribution in [1.82, 2.24) is 35.2 Å². The number of aryl methyl sites for hydroxylation is 2. The maximum absolute atomic E-state index is 5.82. The lowest BCUT2D eigenvalue weighted by atomic mass is 10.1. The summed E-state index contributed by atoms with van der Waals surface area (Å²) < 4.78 is 1.71. The average molecular weight is 371 g/mol. The van der Waals surface area contributed by atoms with E-state index in [1.807, 2.05) is 27.1 Å². The maximum atomic E-state index is 5.82. The molecule has 3 aromatic rings. The van der Waals surface area contributed by atoms with Crippen LogP contribution in [0.2, 0.25) is 0 Å². The summed E-state index contributed by atoms with van der Waals surface area (Å²) >= 11 is 1.46. The van der Waals surface area contributed by atoms with E-state index in [0.717, 1.165) is 5.69 Å². The molecule has 2 N–H and O–H groups in total. The zero-order valence-corrected chi connectivity index (χ0v) is 16.2. The minimum absolute atomic E-state index is 0.102. The van der Waals surface area contributed by atoms with Crippen molar-refractivity contribution >= 4 is 23.7 Å². The first-order chi connectivity index (χ1) is 12.3. The number of hydrogen-bond acceptors (Lipinski definition) is 9. The molecule has 3 rings (SSSR count). The van der Waals surface area contributed by atoms with E-state index in [-0.39, 0.29) is 11.2 Å². The normalized spacial score (nSPS) is 12.2. The smallest absolute Gasteiger partial charge is 0.229 e. The number of nitrogen functional groups attached to an aromatic ring is 1. The van der Waals surface area contributed by atoms with Crippen LogP contribution in [0, 0.1) is 13.8 Å². The largest absolute Gasteiger partial charge is 0.368 e. The van der Waals surface area contributed by atoms with Crippen molar-refractivity contribution in [1.29, 1.82) is 0 Å². The molecule has 2 heterocycles. The second-order valence-corrected chi connectivity index (χ2v) is 7.46. The zero-order valence-electron chi connectivity index (χ0n) is 15.4. The van der Waals surface area contributed by atoms with Gasteiger partial charge < -0.3 is 10.6 Å². The number of nitrogens with two attached hydrogens (primary N) is 1. The van der Waals surface area contributed by atoms with Crippen molar-refractivity contribution in [2.24, 2.45) is 0 Å². The molecule has 0 radical (unpaired) electrons. The van der Waals surface area contributed by atoms with E-state index in [2.05, 4.69) is 56.5 Å². The summed E-state index contributed by atoms with van der Waals surface area (Å²) in [6, 6.07) is 6.12. The van der Waals surface area contributed by atoms with Gasteiger partial charge in [-0.1, -0.05) is 17.8 Å². The fraction of sp³-hybridized carbons (Fsp3) is 0.375. The highest BCUT2D eigenvalue weighted by atomic mass is 32.2. The number of anilines is 2. The van der Waals surface area contributed by atoms with E-state index in [4.69, 9.17) is 5.73 Å². The fourth-order valence-corrected chi connectivity index (χ4v) is 3.11. The second kappa shape index (κ2) is 7.24. The van der Waals surface area contributed by atoms with E-state index in [1.165, 1.54) is 22.9 Å². The van der Waals surface area contributed by atoms with Crippen LogP contribution in [0.4, 0.5) is 11.9 Å². The molecule has 0 aliphatic heterocycles. The summed E-state index contributed by atoms with van der Waals surface area (Å²) in [7, 11) is 3.72. The Labute approximate surface area is 156 Å². The van der Waals surface area contributed by atoms with E-state index in [9.17, 15) is 0 Å². The Morgan fingerprint density at radius 2 is 1.88 bits per heavy atom. The van der Waals surface area contributed by atoms with Gasteiger partial charge in [0.2, 0.25) is 17.1 Å². The fourth-order valence-electron chi connectivity index (χ4n) is 2.26. The van der Waals surface area contributed by atoms with Crippen LogP contribution in [0.1, 0.15) is 29.1 Å². The molecule has 1 unspecified atom stereocenters. The molecule has 0 spiro atoms. The van der Waals surface area contributed by atoms with Gasteiger partial charge in [0.05, 0.1) is 10.9 Å². The topological polar surface area (TPSA) is 112 Å².